The van der Waals surface area contributed by atoms with Crippen molar-refractivity contribution in [1.82, 2.24) is 9.97 Å². The highest BCUT2D eigenvalue weighted by molar-refractivity contribution is 5.94. The number of aryl methyl sites for hydroxylation is 2. The molecular formula is C25H28N6O3. The minimum absolute atomic E-state index is 0.0592. The normalized spacial score (nSPS) is 15.4. The molecule has 3 N–H and O–H groups in total. The number of carbonyl (C=O) groups excluding carboxylic acids is 1. The Labute approximate surface area is 198 Å². The molecule has 1 aromatic heterocycles. The summed E-state index contributed by atoms with van der Waals surface area (Å²) in [6.45, 7) is 5.15. The summed E-state index contributed by atoms with van der Waals surface area (Å²) in [6, 6.07) is 12.0. The van der Waals surface area contributed by atoms with Gasteiger partial charge in [-0.3, -0.25) is 4.79 Å². The molecule has 5 rings (SSSR count). The lowest BCUT2D eigenvalue weighted by Crippen LogP contribution is -2.36. The minimum Gasteiger partial charge on any atom is -0.494 e. The average Bonchev–Trinajstić information content (AvgIpc) is 2.87. The number of rotatable bonds is 6. The van der Waals surface area contributed by atoms with E-state index in [0.717, 1.165) is 72.4 Å². The first kappa shape index (κ1) is 22.0. The Morgan fingerprint density at radius 3 is 2.76 bits per heavy atom. The van der Waals surface area contributed by atoms with Crippen molar-refractivity contribution in [1.29, 1.82) is 0 Å². The molecule has 34 heavy (non-hydrogen) atoms. The molecule has 0 radical (unpaired) electrons. The molecule has 9 nitrogen and oxygen atoms in total. The summed E-state index contributed by atoms with van der Waals surface area (Å²) in [6.07, 6.45) is 3.01. The van der Waals surface area contributed by atoms with Crippen molar-refractivity contribution >= 4 is 40.4 Å². The van der Waals surface area contributed by atoms with Crippen molar-refractivity contribution < 1.29 is 14.3 Å². The Hall–Kier alpha value is -3.85. The molecule has 0 saturated carbocycles. The number of nitrogens with one attached hydrogen (secondary N) is 3. The van der Waals surface area contributed by atoms with Crippen LogP contribution >= 0.6 is 0 Å². The molecular weight excluding hydrogens is 432 g/mol. The average molecular weight is 461 g/mol. The Bertz CT molecular complexity index is 1210. The molecule has 0 aliphatic carbocycles. The number of methoxy groups -OCH3 is 1. The van der Waals surface area contributed by atoms with Crippen molar-refractivity contribution in [3.63, 3.8) is 0 Å². The first-order valence-corrected chi connectivity index (χ1v) is 11.4. The van der Waals surface area contributed by atoms with Crippen LogP contribution in [0.2, 0.25) is 0 Å². The van der Waals surface area contributed by atoms with Crippen molar-refractivity contribution in [3.05, 3.63) is 53.7 Å². The Balaban J connectivity index is 1.34. The van der Waals surface area contributed by atoms with Crippen LogP contribution in [0.3, 0.4) is 0 Å². The van der Waals surface area contributed by atoms with Crippen molar-refractivity contribution in [3.8, 4) is 5.75 Å². The van der Waals surface area contributed by atoms with Crippen molar-refractivity contribution in [2.45, 2.75) is 19.8 Å². The number of nitrogens with zero attached hydrogens (tertiary/aromatic N) is 3. The number of hydrogen-bond acceptors (Lipinski definition) is 8. The van der Waals surface area contributed by atoms with Gasteiger partial charge in [-0.05, 0) is 49.2 Å². The largest absolute Gasteiger partial charge is 0.494 e. The second-order valence-corrected chi connectivity index (χ2v) is 8.38. The summed E-state index contributed by atoms with van der Waals surface area (Å²) in [7, 11) is 1.66. The number of carbonyl (C=O) groups is 1. The van der Waals surface area contributed by atoms with E-state index in [1.54, 1.807) is 13.3 Å². The fraction of sp³-hybridized carbons (Fsp3) is 0.320. The first-order valence-electron chi connectivity index (χ1n) is 11.4. The molecule has 176 valence electrons. The van der Waals surface area contributed by atoms with Gasteiger partial charge in [0.05, 0.1) is 26.0 Å². The van der Waals surface area contributed by atoms with Crippen LogP contribution in [0.25, 0.3) is 0 Å². The van der Waals surface area contributed by atoms with Gasteiger partial charge in [0.15, 0.2) is 0 Å². The number of benzene rings is 2. The molecule has 1 fully saturated rings. The van der Waals surface area contributed by atoms with Crippen LogP contribution in [0.4, 0.5) is 34.5 Å². The molecule has 2 aliphatic heterocycles. The Morgan fingerprint density at radius 1 is 1.09 bits per heavy atom. The number of morpholine rings is 1. The molecule has 1 saturated heterocycles. The van der Waals surface area contributed by atoms with Gasteiger partial charge in [0.1, 0.15) is 11.6 Å². The topological polar surface area (TPSA) is 101 Å². The van der Waals surface area contributed by atoms with E-state index in [0.29, 0.717) is 18.2 Å². The van der Waals surface area contributed by atoms with E-state index in [2.05, 4.69) is 43.0 Å². The van der Waals surface area contributed by atoms with Crippen LogP contribution in [-0.4, -0.2) is 49.3 Å². The number of anilines is 6. The van der Waals surface area contributed by atoms with Gasteiger partial charge >= 0.3 is 0 Å². The van der Waals surface area contributed by atoms with Crippen molar-refractivity contribution in [2.24, 2.45) is 0 Å². The fourth-order valence-corrected chi connectivity index (χ4v) is 4.15. The van der Waals surface area contributed by atoms with Crippen LogP contribution in [0.1, 0.15) is 17.5 Å². The van der Waals surface area contributed by atoms with E-state index in [1.807, 2.05) is 31.2 Å². The van der Waals surface area contributed by atoms with Gasteiger partial charge in [0.2, 0.25) is 11.9 Å². The molecule has 1 amide bonds. The quantitative estimate of drug-likeness (QED) is 0.508. The molecule has 9 heteroatoms. The highest BCUT2D eigenvalue weighted by Crippen LogP contribution is 2.33. The Morgan fingerprint density at radius 2 is 1.94 bits per heavy atom. The van der Waals surface area contributed by atoms with Crippen molar-refractivity contribution in [2.75, 3.05) is 54.3 Å². The van der Waals surface area contributed by atoms with Gasteiger partial charge in [0, 0.05) is 54.4 Å². The molecule has 2 aliphatic rings. The molecule has 0 atom stereocenters. The zero-order valence-electron chi connectivity index (χ0n) is 19.4. The summed E-state index contributed by atoms with van der Waals surface area (Å²) < 4.78 is 11.1. The second kappa shape index (κ2) is 9.56. The third-order valence-corrected chi connectivity index (χ3v) is 6.04. The maximum absolute atomic E-state index is 11.6. The lowest BCUT2D eigenvalue weighted by molar-refractivity contribution is -0.116. The third-order valence-electron chi connectivity index (χ3n) is 6.04. The zero-order valence-corrected chi connectivity index (χ0v) is 19.4. The van der Waals surface area contributed by atoms with E-state index in [-0.39, 0.29) is 5.91 Å². The van der Waals surface area contributed by atoms with Crippen LogP contribution in [0.5, 0.6) is 5.75 Å². The van der Waals surface area contributed by atoms with Crippen LogP contribution < -0.4 is 25.6 Å². The highest BCUT2D eigenvalue weighted by atomic mass is 16.5. The van der Waals surface area contributed by atoms with E-state index in [4.69, 9.17) is 9.47 Å². The first-order chi connectivity index (χ1) is 16.6. The summed E-state index contributed by atoms with van der Waals surface area (Å²) in [5.41, 5.74) is 5.71. The SMILES string of the molecule is COc1cc(N2CCOCC2)ccc1Nc1ncc(C)c(Nc2ccc3c(c2)CCC(=O)N3)n1. The summed E-state index contributed by atoms with van der Waals surface area (Å²) in [5.74, 6) is 1.96. The summed E-state index contributed by atoms with van der Waals surface area (Å²) in [4.78, 5) is 23.0. The smallest absolute Gasteiger partial charge is 0.229 e. The lowest BCUT2D eigenvalue weighted by Gasteiger charge is -2.29. The van der Waals surface area contributed by atoms with E-state index in [1.165, 1.54) is 0 Å². The number of aromatic nitrogens is 2. The summed E-state index contributed by atoms with van der Waals surface area (Å²) in [5, 5.41) is 9.58. The van der Waals surface area contributed by atoms with Gasteiger partial charge in [0.25, 0.3) is 0 Å². The number of ether oxygens (including phenoxy) is 2. The maximum Gasteiger partial charge on any atom is 0.229 e. The van der Waals surface area contributed by atoms with E-state index in [9.17, 15) is 4.79 Å². The fourth-order valence-electron chi connectivity index (χ4n) is 4.15. The van der Waals surface area contributed by atoms with Gasteiger partial charge in [-0.1, -0.05) is 0 Å². The molecule has 0 bridgehead atoms. The number of fused-ring (bicyclic) bond motifs is 1. The number of amides is 1. The van der Waals surface area contributed by atoms with Crippen LogP contribution in [-0.2, 0) is 16.0 Å². The molecule has 0 spiro atoms. The predicted molar refractivity (Wildman–Crippen MR) is 133 cm³/mol. The van der Waals surface area contributed by atoms with Crippen LogP contribution in [0.15, 0.2) is 42.6 Å². The maximum atomic E-state index is 11.6. The molecule has 0 unspecified atom stereocenters. The molecule has 2 aromatic carbocycles. The molecule has 3 aromatic rings. The van der Waals surface area contributed by atoms with Gasteiger partial charge in [-0.25, -0.2) is 4.98 Å². The third kappa shape index (κ3) is 4.74. The van der Waals surface area contributed by atoms with E-state index >= 15 is 0 Å². The zero-order chi connectivity index (χ0) is 23.5. The second-order valence-electron chi connectivity index (χ2n) is 8.38. The lowest BCUT2D eigenvalue weighted by atomic mass is 10.0. The van der Waals surface area contributed by atoms with E-state index < -0.39 is 0 Å². The molecule has 3 heterocycles. The van der Waals surface area contributed by atoms with Gasteiger partial charge in [-0.2, -0.15) is 4.98 Å². The van der Waals surface area contributed by atoms with Gasteiger partial charge < -0.3 is 30.3 Å². The highest BCUT2D eigenvalue weighted by Gasteiger charge is 2.16. The minimum atomic E-state index is 0.0592. The summed E-state index contributed by atoms with van der Waals surface area (Å²) >= 11 is 0. The van der Waals surface area contributed by atoms with Gasteiger partial charge in [-0.15, -0.1) is 0 Å². The predicted octanol–water partition coefficient (Wildman–Crippen LogP) is 4.00. The standard InChI is InChI=1S/C25H28N6O3/c1-16-15-26-25(29-21-7-5-19(14-22(21)33-2)31-9-11-34-12-10-31)30-24(16)27-18-4-6-20-17(13-18)3-8-23(32)28-20/h4-7,13-15H,3,8-12H2,1-2H3,(H,28,32)(H2,26,27,29,30). The monoisotopic (exact) mass is 460 g/mol. The Kier molecular flexibility index (Phi) is 6.18. The number of hydrogen-bond donors (Lipinski definition) is 3. The van der Waals surface area contributed by atoms with Crippen LogP contribution in [0, 0.1) is 6.92 Å².